The summed E-state index contributed by atoms with van der Waals surface area (Å²) in [5.74, 6) is 0.462. The maximum atomic E-state index is 11.3. The van der Waals surface area contributed by atoms with Crippen molar-refractivity contribution in [3.63, 3.8) is 0 Å². The summed E-state index contributed by atoms with van der Waals surface area (Å²) >= 11 is 0. The molecule has 5 nitrogen and oxygen atoms in total. The van der Waals surface area contributed by atoms with Gasteiger partial charge in [0.1, 0.15) is 18.1 Å². The van der Waals surface area contributed by atoms with Crippen molar-refractivity contribution in [2.45, 2.75) is 6.61 Å². The van der Waals surface area contributed by atoms with Crippen LogP contribution < -0.4 is 10.5 Å². The predicted octanol–water partition coefficient (Wildman–Crippen LogP) is 3.02. The third kappa shape index (κ3) is 2.98. The molecule has 0 aliphatic rings. The number of carbonyl (C=O) groups excluding carboxylic acids is 1. The molecule has 3 rings (SSSR count). The molecule has 0 atom stereocenters. The maximum Gasteiger partial charge on any atom is 0.252 e. The Kier molecular flexibility index (Phi) is 3.87. The summed E-state index contributed by atoms with van der Waals surface area (Å²) in [5.41, 5.74) is 7.35. The Morgan fingerprint density at radius 2 is 1.82 bits per heavy atom. The molecule has 0 saturated heterocycles. The van der Waals surface area contributed by atoms with E-state index in [9.17, 15) is 4.79 Å². The molecule has 5 heteroatoms. The first-order valence-corrected chi connectivity index (χ1v) is 6.76. The SMILES string of the molecule is NC(=O)c1ccccc1OCc1cc(-c2ccccc2)no1. The Morgan fingerprint density at radius 1 is 1.09 bits per heavy atom. The van der Waals surface area contributed by atoms with Crippen molar-refractivity contribution in [1.29, 1.82) is 0 Å². The molecule has 2 N–H and O–H groups in total. The monoisotopic (exact) mass is 294 g/mol. The number of carbonyl (C=O) groups is 1. The summed E-state index contributed by atoms with van der Waals surface area (Å²) in [4.78, 5) is 11.3. The van der Waals surface area contributed by atoms with Gasteiger partial charge in [-0.25, -0.2) is 0 Å². The zero-order valence-corrected chi connectivity index (χ0v) is 11.7. The number of aromatic nitrogens is 1. The van der Waals surface area contributed by atoms with E-state index in [1.807, 2.05) is 36.4 Å². The van der Waals surface area contributed by atoms with E-state index in [1.54, 1.807) is 24.3 Å². The number of hydrogen-bond donors (Lipinski definition) is 1. The fraction of sp³-hybridized carbons (Fsp3) is 0.0588. The topological polar surface area (TPSA) is 78.4 Å². The fourth-order valence-electron chi connectivity index (χ4n) is 2.07. The first-order chi connectivity index (χ1) is 10.7. The van der Waals surface area contributed by atoms with Gasteiger partial charge in [0.05, 0.1) is 5.56 Å². The van der Waals surface area contributed by atoms with Crippen LogP contribution in [0, 0.1) is 0 Å². The molecule has 0 radical (unpaired) electrons. The average Bonchev–Trinajstić information content (AvgIpc) is 3.03. The van der Waals surface area contributed by atoms with Crippen molar-refractivity contribution in [2.24, 2.45) is 5.73 Å². The van der Waals surface area contributed by atoms with E-state index in [2.05, 4.69) is 5.16 Å². The number of primary amides is 1. The Balaban J connectivity index is 1.73. The zero-order chi connectivity index (χ0) is 15.4. The second kappa shape index (κ2) is 6.13. The van der Waals surface area contributed by atoms with Gasteiger partial charge in [-0.3, -0.25) is 4.79 Å². The lowest BCUT2D eigenvalue weighted by molar-refractivity contribution is 0.0995. The van der Waals surface area contributed by atoms with E-state index in [1.165, 1.54) is 0 Å². The highest BCUT2D eigenvalue weighted by Gasteiger charge is 2.11. The molecule has 2 aromatic carbocycles. The van der Waals surface area contributed by atoms with Gasteiger partial charge in [0.15, 0.2) is 5.76 Å². The minimum absolute atomic E-state index is 0.171. The second-order valence-corrected chi connectivity index (χ2v) is 4.69. The van der Waals surface area contributed by atoms with E-state index in [-0.39, 0.29) is 6.61 Å². The van der Waals surface area contributed by atoms with E-state index < -0.39 is 5.91 Å². The zero-order valence-electron chi connectivity index (χ0n) is 11.7. The normalized spacial score (nSPS) is 10.4. The highest BCUT2D eigenvalue weighted by molar-refractivity contribution is 5.95. The van der Waals surface area contributed by atoms with Gasteiger partial charge >= 0.3 is 0 Å². The van der Waals surface area contributed by atoms with Crippen LogP contribution in [0.2, 0.25) is 0 Å². The van der Waals surface area contributed by atoms with Crippen LogP contribution >= 0.6 is 0 Å². The molecule has 0 unspecified atom stereocenters. The summed E-state index contributed by atoms with van der Waals surface area (Å²) in [6, 6.07) is 18.3. The molecule has 22 heavy (non-hydrogen) atoms. The standard InChI is InChI=1S/C17H14N2O3/c18-17(20)14-8-4-5-9-16(14)21-11-13-10-15(19-22-13)12-6-2-1-3-7-12/h1-10H,11H2,(H2,18,20). The molecule has 0 bridgehead atoms. The second-order valence-electron chi connectivity index (χ2n) is 4.69. The minimum Gasteiger partial charge on any atom is -0.485 e. The van der Waals surface area contributed by atoms with Gasteiger partial charge in [-0.05, 0) is 12.1 Å². The average molecular weight is 294 g/mol. The Bertz CT molecular complexity index is 781. The lowest BCUT2D eigenvalue weighted by Crippen LogP contribution is -2.12. The first kappa shape index (κ1) is 13.9. The summed E-state index contributed by atoms with van der Waals surface area (Å²) < 4.78 is 10.8. The van der Waals surface area contributed by atoms with Crippen molar-refractivity contribution in [1.82, 2.24) is 5.16 Å². The maximum absolute atomic E-state index is 11.3. The molecule has 3 aromatic rings. The van der Waals surface area contributed by atoms with Crippen LogP contribution in [0.15, 0.2) is 65.2 Å². The van der Waals surface area contributed by atoms with Crippen molar-refractivity contribution in [2.75, 3.05) is 0 Å². The van der Waals surface area contributed by atoms with Crippen molar-refractivity contribution in [3.05, 3.63) is 72.0 Å². The van der Waals surface area contributed by atoms with Gasteiger partial charge in [-0.15, -0.1) is 0 Å². The molecule has 1 aromatic heterocycles. The Labute approximate surface area is 127 Å². The van der Waals surface area contributed by atoms with Crippen LogP contribution in [-0.2, 0) is 6.61 Å². The van der Waals surface area contributed by atoms with E-state index in [0.29, 0.717) is 17.1 Å². The van der Waals surface area contributed by atoms with Crippen molar-refractivity contribution < 1.29 is 14.1 Å². The summed E-state index contributed by atoms with van der Waals surface area (Å²) in [6.07, 6.45) is 0. The largest absolute Gasteiger partial charge is 0.485 e. The van der Waals surface area contributed by atoms with Gasteiger partial charge in [-0.2, -0.15) is 0 Å². The number of amides is 1. The molecule has 0 aliphatic carbocycles. The first-order valence-electron chi connectivity index (χ1n) is 6.76. The molecular weight excluding hydrogens is 280 g/mol. The number of hydrogen-bond acceptors (Lipinski definition) is 4. The lowest BCUT2D eigenvalue weighted by Gasteiger charge is -2.07. The fourth-order valence-corrected chi connectivity index (χ4v) is 2.07. The number of para-hydroxylation sites is 1. The number of benzene rings is 2. The van der Waals surface area contributed by atoms with Gasteiger partial charge in [0.25, 0.3) is 5.91 Å². The van der Waals surface area contributed by atoms with Gasteiger partial charge in [0, 0.05) is 11.6 Å². The number of nitrogens with zero attached hydrogens (tertiary/aromatic N) is 1. The van der Waals surface area contributed by atoms with Crippen LogP contribution in [-0.4, -0.2) is 11.1 Å². The number of rotatable bonds is 5. The molecular formula is C17H14N2O3. The van der Waals surface area contributed by atoms with Crippen molar-refractivity contribution >= 4 is 5.91 Å². The molecule has 1 amide bonds. The lowest BCUT2D eigenvalue weighted by atomic mass is 10.1. The van der Waals surface area contributed by atoms with Gasteiger partial charge < -0.3 is 15.0 Å². The van der Waals surface area contributed by atoms with Gasteiger partial charge in [-0.1, -0.05) is 47.6 Å². The third-order valence-corrected chi connectivity index (χ3v) is 3.15. The molecule has 0 saturated carbocycles. The third-order valence-electron chi connectivity index (χ3n) is 3.15. The van der Waals surface area contributed by atoms with E-state index >= 15 is 0 Å². The Hall–Kier alpha value is -3.08. The predicted molar refractivity (Wildman–Crippen MR) is 81.2 cm³/mol. The van der Waals surface area contributed by atoms with Crippen LogP contribution in [0.1, 0.15) is 16.1 Å². The van der Waals surface area contributed by atoms with Crippen LogP contribution in [0.4, 0.5) is 0 Å². The molecule has 1 heterocycles. The van der Waals surface area contributed by atoms with Crippen LogP contribution in [0.5, 0.6) is 5.75 Å². The quantitative estimate of drug-likeness (QED) is 0.784. The van der Waals surface area contributed by atoms with Crippen LogP contribution in [0.3, 0.4) is 0 Å². The molecule has 0 aliphatic heterocycles. The van der Waals surface area contributed by atoms with E-state index in [0.717, 1.165) is 11.3 Å². The highest BCUT2D eigenvalue weighted by atomic mass is 16.5. The molecule has 0 spiro atoms. The van der Waals surface area contributed by atoms with Gasteiger partial charge in [0.2, 0.25) is 0 Å². The number of nitrogens with two attached hydrogens (primary N) is 1. The smallest absolute Gasteiger partial charge is 0.252 e. The highest BCUT2D eigenvalue weighted by Crippen LogP contribution is 2.21. The summed E-state index contributed by atoms with van der Waals surface area (Å²) in [5, 5.41) is 4.01. The van der Waals surface area contributed by atoms with Crippen LogP contribution in [0.25, 0.3) is 11.3 Å². The van der Waals surface area contributed by atoms with Crippen molar-refractivity contribution in [3.8, 4) is 17.0 Å². The summed E-state index contributed by atoms with van der Waals surface area (Å²) in [6.45, 7) is 0.171. The van der Waals surface area contributed by atoms with E-state index in [4.69, 9.17) is 15.0 Å². The summed E-state index contributed by atoms with van der Waals surface area (Å²) in [7, 11) is 0. The number of ether oxygens (including phenoxy) is 1. The Morgan fingerprint density at radius 3 is 2.59 bits per heavy atom. The molecule has 110 valence electrons. The molecule has 0 fully saturated rings. The minimum atomic E-state index is -0.529.